The molecule has 0 radical (unpaired) electrons. The minimum atomic E-state index is -1.45. The van der Waals surface area contributed by atoms with Crippen LogP contribution in [-0.4, -0.2) is 26.9 Å². The van der Waals surface area contributed by atoms with Gasteiger partial charge < -0.3 is 9.47 Å². The van der Waals surface area contributed by atoms with Gasteiger partial charge in [-0.2, -0.15) is 0 Å². The number of ether oxygens (including phenoxy) is 2. The topological polar surface area (TPSA) is 18.5 Å². The van der Waals surface area contributed by atoms with Gasteiger partial charge in [-0.15, -0.1) is 0 Å². The zero-order chi connectivity index (χ0) is 17.7. The van der Waals surface area contributed by atoms with Gasteiger partial charge in [0.25, 0.3) is 0 Å². The highest BCUT2D eigenvalue weighted by Gasteiger charge is 2.36. The van der Waals surface area contributed by atoms with Crippen LogP contribution in [0.4, 0.5) is 0 Å². The Balaban J connectivity index is 1.49. The molecule has 1 heterocycles. The van der Waals surface area contributed by atoms with Crippen molar-refractivity contribution in [2.45, 2.75) is 51.3 Å². The average molecular weight is 355 g/mol. The number of hydrogen-bond donors (Lipinski definition) is 0. The van der Waals surface area contributed by atoms with Crippen LogP contribution >= 0.6 is 0 Å². The fourth-order valence-corrected chi connectivity index (χ4v) is 6.51. The fourth-order valence-electron chi connectivity index (χ4n) is 3.78. The molecule has 2 nitrogen and oxygen atoms in total. The SMILES string of the molecule is C[C@H]1C[C@@H](C[Si](C)(C)c2ccccc2)O[C@@H]1COCc1ccccc1. The Labute approximate surface area is 153 Å². The summed E-state index contributed by atoms with van der Waals surface area (Å²) in [6, 6.07) is 22.5. The van der Waals surface area contributed by atoms with Crippen LogP contribution in [0.3, 0.4) is 0 Å². The first kappa shape index (κ1) is 18.4. The monoisotopic (exact) mass is 354 g/mol. The van der Waals surface area contributed by atoms with Gasteiger partial charge in [-0.1, -0.05) is 85.9 Å². The predicted octanol–water partition coefficient (Wildman–Crippen LogP) is 4.61. The van der Waals surface area contributed by atoms with Crippen molar-refractivity contribution in [3.63, 3.8) is 0 Å². The molecule has 2 aromatic carbocycles. The number of rotatable bonds is 7. The molecule has 1 aliphatic rings. The van der Waals surface area contributed by atoms with Gasteiger partial charge >= 0.3 is 0 Å². The van der Waals surface area contributed by atoms with E-state index in [0.29, 0.717) is 25.2 Å². The normalized spacial score (nSPS) is 23.7. The number of benzene rings is 2. The van der Waals surface area contributed by atoms with Gasteiger partial charge in [-0.05, 0) is 23.9 Å². The Morgan fingerprint density at radius 2 is 1.64 bits per heavy atom. The van der Waals surface area contributed by atoms with Gasteiger partial charge in [-0.25, -0.2) is 0 Å². The van der Waals surface area contributed by atoms with Crippen molar-refractivity contribution in [2.24, 2.45) is 5.92 Å². The Morgan fingerprint density at radius 3 is 2.32 bits per heavy atom. The quantitative estimate of drug-likeness (QED) is 0.676. The van der Waals surface area contributed by atoms with Crippen LogP contribution < -0.4 is 5.19 Å². The summed E-state index contributed by atoms with van der Waals surface area (Å²) in [7, 11) is -1.45. The minimum absolute atomic E-state index is 0.231. The molecule has 0 spiro atoms. The molecule has 0 N–H and O–H groups in total. The van der Waals surface area contributed by atoms with Crippen molar-refractivity contribution in [1.29, 1.82) is 0 Å². The van der Waals surface area contributed by atoms with Crippen LogP contribution in [0.25, 0.3) is 0 Å². The van der Waals surface area contributed by atoms with E-state index in [-0.39, 0.29) is 6.10 Å². The van der Waals surface area contributed by atoms with E-state index in [1.165, 1.54) is 16.8 Å². The van der Waals surface area contributed by atoms with Crippen LogP contribution in [0.1, 0.15) is 18.9 Å². The smallest absolute Gasteiger partial charge is 0.0838 e. The van der Waals surface area contributed by atoms with Crippen LogP contribution in [0.2, 0.25) is 19.1 Å². The lowest BCUT2D eigenvalue weighted by Crippen LogP contribution is -2.44. The molecule has 1 fully saturated rings. The molecule has 0 unspecified atom stereocenters. The number of hydrogen-bond acceptors (Lipinski definition) is 2. The largest absolute Gasteiger partial charge is 0.374 e. The van der Waals surface area contributed by atoms with Crippen LogP contribution in [0.15, 0.2) is 60.7 Å². The maximum absolute atomic E-state index is 6.38. The van der Waals surface area contributed by atoms with Crippen molar-refractivity contribution >= 4 is 13.3 Å². The highest BCUT2D eigenvalue weighted by Crippen LogP contribution is 2.31. The molecule has 0 amide bonds. The standard InChI is InChI=1S/C22H30O2Si/c1-18-14-20(17-25(2,3)21-12-8-5-9-13-21)24-22(18)16-23-15-19-10-6-4-7-11-19/h4-13,18,20,22H,14-17H2,1-3H3/t18-,20-,22+/m0/s1. The van der Waals surface area contributed by atoms with Gasteiger partial charge in [0.2, 0.25) is 0 Å². The van der Waals surface area contributed by atoms with Gasteiger partial charge in [0.15, 0.2) is 0 Å². The third-order valence-corrected chi connectivity index (χ3v) is 8.70. The summed E-state index contributed by atoms with van der Waals surface area (Å²) in [6.07, 6.45) is 1.76. The summed E-state index contributed by atoms with van der Waals surface area (Å²) >= 11 is 0. The van der Waals surface area contributed by atoms with E-state index in [1.807, 2.05) is 6.07 Å². The maximum Gasteiger partial charge on any atom is 0.0838 e. The van der Waals surface area contributed by atoms with E-state index in [9.17, 15) is 0 Å². The second-order valence-electron chi connectivity index (χ2n) is 7.96. The summed E-state index contributed by atoms with van der Waals surface area (Å²) in [5.41, 5.74) is 1.22. The third kappa shape index (κ3) is 5.03. The molecule has 1 saturated heterocycles. The predicted molar refractivity (Wildman–Crippen MR) is 107 cm³/mol. The first-order valence-electron chi connectivity index (χ1n) is 9.37. The van der Waals surface area contributed by atoms with E-state index in [0.717, 1.165) is 6.42 Å². The van der Waals surface area contributed by atoms with E-state index in [2.05, 4.69) is 74.6 Å². The molecule has 0 aliphatic carbocycles. The average Bonchev–Trinajstić information content (AvgIpc) is 2.95. The Bertz CT molecular complexity index is 642. The lowest BCUT2D eigenvalue weighted by atomic mass is 10.0. The zero-order valence-corrected chi connectivity index (χ0v) is 16.7. The first-order valence-corrected chi connectivity index (χ1v) is 12.6. The minimum Gasteiger partial charge on any atom is -0.374 e. The van der Waals surface area contributed by atoms with Crippen molar-refractivity contribution in [3.05, 3.63) is 66.2 Å². The van der Waals surface area contributed by atoms with Crippen LogP contribution in [0.5, 0.6) is 0 Å². The fraction of sp³-hybridized carbons (Fsp3) is 0.455. The highest BCUT2D eigenvalue weighted by molar-refractivity contribution is 6.89. The molecule has 0 saturated carbocycles. The van der Waals surface area contributed by atoms with Gasteiger partial charge in [0, 0.05) is 0 Å². The van der Waals surface area contributed by atoms with E-state index in [1.54, 1.807) is 0 Å². The van der Waals surface area contributed by atoms with E-state index in [4.69, 9.17) is 9.47 Å². The summed E-state index contributed by atoms with van der Waals surface area (Å²) in [6.45, 7) is 8.57. The zero-order valence-electron chi connectivity index (χ0n) is 15.7. The molecular weight excluding hydrogens is 324 g/mol. The molecule has 2 aromatic rings. The lowest BCUT2D eigenvalue weighted by molar-refractivity contribution is -0.0244. The molecule has 0 bridgehead atoms. The van der Waals surface area contributed by atoms with Crippen LogP contribution in [0, 0.1) is 5.92 Å². The van der Waals surface area contributed by atoms with E-state index >= 15 is 0 Å². The van der Waals surface area contributed by atoms with Crippen molar-refractivity contribution in [3.8, 4) is 0 Å². The first-order chi connectivity index (χ1) is 12.0. The van der Waals surface area contributed by atoms with Crippen molar-refractivity contribution < 1.29 is 9.47 Å². The second kappa shape index (κ2) is 8.30. The molecule has 0 aromatic heterocycles. The molecule has 3 atom stereocenters. The van der Waals surface area contributed by atoms with E-state index < -0.39 is 8.07 Å². The van der Waals surface area contributed by atoms with Crippen molar-refractivity contribution in [2.75, 3.05) is 6.61 Å². The van der Waals surface area contributed by atoms with Crippen molar-refractivity contribution in [1.82, 2.24) is 0 Å². The molecule has 1 aliphatic heterocycles. The third-order valence-electron chi connectivity index (χ3n) is 5.32. The Kier molecular flexibility index (Phi) is 6.10. The Morgan fingerprint density at radius 1 is 1.00 bits per heavy atom. The molecule has 3 rings (SSSR count). The molecule has 3 heteroatoms. The molecule has 25 heavy (non-hydrogen) atoms. The summed E-state index contributed by atoms with van der Waals surface area (Å²) < 4.78 is 12.3. The maximum atomic E-state index is 6.38. The van der Waals surface area contributed by atoms with Gasteiger partial charge in [-0.3, -0.25) is 0 Å². The summed E-state index contributed by atoms with van der Waals surface area (Å²) in [5, 5.41) is 1.52. The second-order valence-corrected chi connectivity index (χ2v) is 12.7. The summed E-state index contributed by atoms with van der Waals surface area (Å²) in [4.78, 5) is 0. The van der Waals surface area contributed by atoms with Gasteiger partial charge in [0.1, 0.15) is 0 Å². The van der Waals surface area contributed by atoms with Crippen LogP contribution in [-0.2, 0) is 16.1 Å². The summed E-state index contributed by atoms with van der Waals surface area (Å²) in [5.74, 6) is 0.571. The lowest BCUT2D eigenvalue weighted by Gasteiger charge is -2.26. The highest BCUT2D eigenvalue weighted by atomic mass is 28.3. The molecular formula is C22H30O2Si. The molecule has 134 valence electrons. The Hall–Kier alpha value is -1.42. The van der Waals surface area contributed by atoms with Gasteiger partial charge in [0.05, 0.1) is 33.5 Å².